The molecule has 2 aromatic heterocycles. The second kappa shape index (κ2) is 15.4. The minimum atomic E-state index is -0.311. The van der Waals surface area contributed by atoms with E-state index in [2.05, 4.69) is 191 Å². The molecule has 0 fully saturated rings. The number of hydrogen-bond donors (Lipinski definition) is 0. The van der Waals surface area contributed by atoms with Crippen molar-refractivity contribution in [2.45, 2.75) is 52.4 Å². The van der Waals surface area contributed by atoms with Crippen molar-refractivity contribution in [3.63, 3.8) is 0 Å². The van der Waals surface area contributed by atoms with Crippen molar-refractivity contribution in [1.29, 1.82) is 0 Å². The van der Waals surface area contributed by atoms with Gasteiger partial charge in [0, 0.05) is 45.3 Å². The van der Waals surface area contributed by atoms with Crippen LogP contribution in [-0.4, -0.2) is 16.2 Å². The standard InChI is InChI=1S/C62H52N4O/c1-61(2,3)43-33-52(40-18-8-7-9-19-40)60-53(34-43)49-25-11-10-24-48(49)41-20-16-21-42(32-41)54-35-44(62(4,5)6)36-59(63-54)66-55-27-13-12-26-50(55)51-31-30-47(38-58(51)66)67-46-23-17-22-45(37-46)64-39-65(60)57-29-15-14-28-56(57)64/h7-38H,39H2,1-6H3/i12D,13D,26D,27D. The van der Waals surface area contributed by atoms with E-state index in [0.717, 1.165) is 73.0 Å². The van der Waals surface area contributed by atoms with Crippen molar-refractivity contribution in [2.24, 2.45) is 0 Å². The molecule has 0 unspecified atom stereocenters. The number of anilines is 4. The molecule has 4 heterocycles. The summed E-state index contributed by atoms with van der Waals surface area (Å²) in [4.78, 5) is 10.3. The van der Waals surface area contributed by atoms with Gasteiger partial charge in [-0.1, -0.05) is 151 Å². The summed E-state index contributed by atoms with van der Waals surface area (Å²) in [5.74, 6) is 1.73. The normalized spacial score (nSPS) is 14.1. The average Bonchev–Trinajstić information content (AvgIpc) is 3.93. The van der Waals surface area contributed by atoms with E-state index < -0.39 is 0 Å². The van der Waals surface area contributed by atoms with Gasteiger partial charge in [0.1, 0.15) is 24.0 Å². The molecule has 2 aliphatic rings. The molecule has 8 aromatic carbocycles. The third-order valence-electron chi connectivity index (χ3n) is 13.4. The number of ether oxygens (including phenoxy) is 1. The van der Waals surface area contributed by atoms with Crippen LogP contribution < -0.4 is 14.5 Å². The van der Waals surface area contributed by atoms with Crippen LogP contribution in [0, 0.1) is 0 Å². The van der Waals surface area contributed by atoms with Crippen molar-refractivity contribution in [3.05, 3.63) is 205 Å². The average molecular weight is 873 g/mol. The lowest BCUT2D eigenvalue weighted by atomic mass is 9.81. The Morgan fingerprint density at radius 1 is 0.493 bits per heavy atom. The summed E-state index contributed by atoms with van der Waals surface area (Å²) in [5.41, 5.74) is 15.3. The Hall–Kier alpha value is -7.89. The van der Waals surface area contributed by atoms with Gasteiger partial charge in [-0.25, -0.2) is 4.98 Å². The highest BCUT2D eigenvalue weighted by molar-refractivity contribution is 6.09. The number of benzene rings is 8. The van der Waals surface area contributed by atoms with Gasteiger partial charge in [-0.15, -0.1) is 0 Å². The zero-order valence-corrected chi connectivity index (χ0v) is 38.6. The van der Waals surface area contributed by atoms with Gasteiger partial charge in [-0.05, 0) is 117 Å². The maximum absolute atomic E-state index is 9.38. The number of aromatic nitrogens is 2. The molecule has 0 N–H and O–H groups in total. The predicted octanol–water partition coefficient (Wildman–Crippen LogP) is 16.8. The summed E-state index contributed by atoms with van der Waals surface area (Å²) in [7, 11) is 0. The molecule has 10 bridgehead atoms. The van der Waals surface area contributed by atoms with Gasteiger partial charge < -0.3 is 14.5 Å². The molecule has 0 saturated heterocycles. The second-order valence-electron chi connectivity index (χ2n) is 19.8. The molecule has 5 heteroatoms. The Balaban J connectivity index is 1.20. The highest BCUT2D eigenvalue weighted by Gasteiger charge is 2.33. The van der Waals surface area contributed by atoms with E-state index in [1.54, 1.807) is 0 Å². The molecular formula is C62H52N4O. The van der Waals surface area contributed by atoms with E-state index in [0.29, 0.717) is 45.8 Å². The van der Waals surface area contributed by atoms with Crippen molar-refractivity contribution < 1.29 is 10.2 Å². The molecule has 0 saturated carbocycles. The highest BCUT2D eigenvalue weighted by Crippen LogP contribution is 2.53. The lowest BCUT2D eigenvalue weighted by Crippen LogP contribution is -2.25. The monoisotopic (exact) mass is 872 g/mol. The van der Waals surface area contributed by atoms with Gasteiger partial charge in [0.2, 0.25) is 0 Å². The molecular weight excluding hydrogens is 817 g/mol. The Morgan fingerprint density at radius 2 is 1.15 bits per heavy atom. The van der Waals surface area contributed by atoms with E-state index in [4.69, 9.17) is 12.5 Å². The van der Waals surface area contributed by atoms with E-state index in [1.165, 1.54) is 5.56 Å². The first-order valence-electron chi connectivity index (χ1n) is 25.1. The zero-order valence-electron chi connectivity index (χ0n) is 42.6. The topological polar surface area (TPSA) is 33.5 Å². The summed E-state index contributed by atoms with van der Waals surface area (Å²) in [5, 5.41) is 1.10. The van der Waals surface area contributed by atoms with Crippen LogP contribution in [0.15, 0.2) is 194 Å². The molecule has 0 atom stereocenters. The van der Waals surface area contributed by atoms with Crippen LogP contribution in [-0.2, 0) is 10.8 Å². The molecule has 326 valence electrons. The predicted molar refractivity (Wildman–Crippen MR) is 280 cm³/mol. The van der Waals surface area contributed by atoms with Crippen LogP contribution in [0.4, 0.5) is 22.7 Å². The fourth-order valence-electron chi connectivity index (χ4n) is 9.90. The van der Waals surface area contributed by atoms with Crippen LogP contribution in [0.2, 0.25) is 0 Å². The number of hydrogen-bond acceptors (Lipinski definition) is 4. The van der Waals surface area contributed by atoms with Gasteiger partial charge in [0.05, 0.1) is 39.3 Å². The molecule has 0 radical (unpaired) electrons. The first-order chi connectivity index (χ1) is 34.1. The number of nitrogens with zero attached hydrogens (tertiary/aromatic N) is 4. The van der Waals surface area contributed by atoms with Gasteiger partial charge in [0.15, 0.2) is 0 Å². The summed E-state index contributed by atoms with van der Waals surface area (Å²) < 4.78 is 44.9. The minimum absolute atomic E-state index is 0.0989. The number of pyridine rings is 1. The minimum Gasteiger partial charge on any atom is -0.457 e. The van der Waals surface area contributed by atoms with Crippen molar-refractivity contribution in [1.82, 2.24) is 9.55 Å². The van der Waals surface area contributed by atoms with E-state index >= 15 is 0 Å². The number of fused-ring (bicyclic) bond motifs is 23. The number of para-hydroxylation sites is 3. The van der Waals surface area contributed by atoms with Crippen LogP contribution in [0.5, 0.6) is 11.5 Å². The molecule has 10 aromatic rings. The third kappa shape index (κ3) is 6.96. The van der Waals surface area contributed by atoms with Gasteiger partial charge in [-0.3, -0.25) is 4.57 Å². The second-order valence-corrected chi connectivity index (χ2v) is 19.8. The lowest BCUT2D eigenvalue weighted by molar-refractivity contribution is 0.483. The molecule has 0 spiro atoms. The summed E-state index contributed by atoms with van der Waals surface area (Å²) in [6.45, 7) is 13.9. The highest BCUT2D eigenvalue weighted by atomic mass is 16.5. The Labute approximate surface area is 398 Å². The zero-order chi connectivity index (χ0) is 49.1. The first-order valence-corrected chi connectivity index (χ1v) is 23.1. The molecule has 5 nitrogen and oxygen atoms in total. The van der Waals surface area contributed by atoms with Crippen LogP contribution >= 0.6 is 0 Å². The first kappa shape index (κ1) is 36.3. The summed E-state index contributed by atoms with van der Waals surface area (Å²) in [6, 6.07) is 58.9. The Morgan fingerprint density at radius 3 is 1.96 bits per heavy atom. The largest absolute Gasteiger partial charge is 0.457 e. The van der Waals surface area contributed by atoms with Crippen molar-refractivity contribution in [2.75, 3.05) is 16.5 Å². The van der Waals surface area contributed by atoms with Crippen LogP contribution in [0.25, 0.3) is 72.3 Å². The van der Waals surface area contributed by atoms with Crippen LogP contribution in [0.1, 0.15) is 58.2 Å². The molecule has 0 amide bonds. The van der Waals surface area contributed by atoms with Gasteiger partial charge >= 0.3 is 0 Å². The van der Waals surface area contributed by atoms with Gasteiger partial charge in [-0.2, -0.15) is 0 Å². The lowest BCUT2D eigenvalue weighted by Gasteiger charge is -2.31. The van der Waals surface area contributed by atoms with E-state index in [9.17, 15) is 2.74 Å². The van der Waals surface area contributed by atoms with Crippen molar-refractivity contribution >= 4 is 44.6 Å². The maximum atomic E-state index is 9.38. The third-order valence-corrected chi connectivity index (χ3v) is 13.4. The Kier molecular flexibility index (Phi) is 8.33. The fourth-order valence-corrected chi connectivity index (χ4v) is 9.90. The summed E-state index contributed by atoms with van der Waals surface area (Å²) >= 11 is 0. The molecule has 2 aliphatic heterocycles. The van der Waals surface area contributed by atoms with Gasteiger partial charge in [0.25, 0.3) is 0 Å². The maximum Gasteiger partial charge on any atom is 0.138 e. The SMILES string of the molecule is [2H]c1c([2H])c([2H])c2c(c1[2H])c1ccc3cc1n2-c1cc(C(C)(C)C)cc(n1)-c1cccc(c1)-c1ccccc1-c1cc(C(C)(C)C)cc(-c2ccccc2)c1N1CN(c2cccc(c2)O3)c2ccccc21. The van der Waals surface area contributed by atoms with E-state index in [-0.39, 0.29) is 35.0 Å². The molecule has 0 aliphatic carbocycles. The smallest absolute Gasteiger partial charge is 0.138 e. The van der Waals surface area contributed by atoms with Crippen molar-refractivity contribution in [3.8, 4) is 62.0 Å². The molecule has 67 heavy (non-hydrogen) atoms. The molecule has 12 rings (SSSR count). The summed E-state index contributed by atoms with van der Waals surface area (Å²) in [6.07, 6.45) is 0. The quantitative estimate of drug-likeness (QED) is 0.165. The fraction of sp³-hybridized carbons (Fsp3) is 0.145. The van der Waals surface area contributed by atoms with E-state index in [1.807, 2.05) is 34.9 Å². The number of rotatable bonds is 1. The Bertz CT molecular complexity index is 3810. The van der Waals surface area contributed by atoms with Crippen LogP contribution in [0.3, 0.4) is 0 Å².